The van der Waals surface area contributed by atoms with Gasteiger partial charge >= 0.3 is 0 Å². The molecule has 1 N–H and O–H groups in total. The highest BCUT2D eigenvalue weighted by Gasteiger charge is 2.22. The summed E-state index contributed by atoms with van der Waals surface area (Å²) in [4.78, 5) is 10.4. The minimum Gasteiger partial charge on any atom is -0.368 e. The summed E-state index contributed by atoms with van der Waals surface area (Å²) < 4.78 is 1.51. The van der Waals surface area contributed by atoms with Gasteiger partial charge in [-0.05, 0) is 12.1 Å². The van der Waals surface area contributed by atoms with Gasteiger partial charge in [-0.2, -0.15) is 0 Å². The van der Waals surface area contributed by atoms with Gasteiger partial charge < -0.3 is 5.11 Å². The van der Waals surface area contributed by atoms with Crippen molar-refractivity contribution in [1.82, 2.24) is 14.9 Å². The molecule has 3 rings (SSSR count). The van der Waals surface area contributed by atoms with Crippen molar-refractivity contribution >= 4 is 11.4 Å². The van der Waals surface area contributed by atoms with Crippen molar-refractivity contribution in [3.63, 3.8) is 0 Å². The maximum atomic E-state index is 10.9. The minimum atomic E-state index is -1.15. The Morgan fingerprint density at radius 1 is 1.09 bits per heavy atom. The summed E-state index contributed by atoms with van der Waals surface area (Å²) in [5.41, 5.74) is 0.987. The van der Waals surface area contributed by atoms with Crippen molar-refractivity contribution in [2.75, 3.05) is 5.01 Å². The SMILES string of the molecule is O=[N+]([O-])c1cccc(C(O)N(c2ccccc2)n2cnnc2)c1. The number of non-ortho nitro benzene ring substituents is 1. The van der Waals surface area contributed by atoms with E-state index in [2.05, 4.69) is 10.2 Å². The van der Waals surface area contributed by atoms with Crippen LogP contribution in [0.4, 0.5) is 11.4 Å². The van der Waals surface area contributed by atoms with Crippen molar-refractivity contribution < 1.29 is 10.0 Å². The molecule has 8 nitrogen and oxygen atoms in total. The molecule has 0 aliphatic rings. The van der Waals surface area contributed by atoms with Crippen LogP contribution in [-0.2, 0) is 0 Å². The van der Waals surface area contributed by atoms with Gasteiger partial charge in [0.05, 0.1) is 10.6 Å². The van der Waals surface area contributed by atoms with Gasteiger partial charge in [0.15, 0.2) is 6.23 Å². The zero-order chi connectivity index (χ0) is 16.2. The molecule has 1 heterocycles. The van der Waals surface area contributed by atoms with Crippen LogP contribution in [0, 0.1) is 10.1 Å². The number of nitrogens with zero attached hydrogens (tertiary/aromatic N) is 5. The largest absolute Gasteiger partial charge is 0.368 e. The van der Waals surface area contributed by atoms with E-state index in [1.807, 2.05) is 18.2 Å². The molecule has 23 heavy (non-hydrogen) atoms. The number of rotatable bonds is 5. The molecule has 3 aromatic rings. The predicted molar refractivity (Wildman–Crippen MR) is 82.4 cm³/mol. The number of benzene rings is 2. The maximum absolute atomic E-state index is 10.9. The van der Waals surface area contributed by atoms with E-state index >= 15 is 0 Å². The third-order valence-corrected chi connectivity index (χ3v) is 3.29. The molecule has 1 unspecified atom stereocenters. The monoisotopic (exact) mass is 311 g/mol. The molecule has 0 radical (unpaired) electrons. The predicted octanol–water partition coefficient (Wildman–Crippen LogP) is 2.15. The number of aliphatic hydroxyl groups excluding tert-OH is 1. The van der Waals surface area contributed by atoms with E-state index in [1.165, 1.54) is 40.5 Å². The van der Waals surface area contributed by atoms with Gasteiger partial charge in [0.25, 0.3) is 5.69 Å². The van der Waals surface area contributed by atoms with Gasteiger partial charge in [-0.1, -0.05) is 30.3 Å². The van der Waals surface area contributed by atoms with E-state index in [0.717, 1.165) is 0 Å². The van der Waals surface area contributed by atoms with Crippen LogP contribution in [-0.4, -0.2) is 24.9 Å². The molecule has 0 fully saturated rings. The lowest BCUT2D eigenvalue weighted by atomic mass is 10.1. The first kappa shape index (κ1) is 14.7. The van der Waals surface area contributed by atoms with Crippen LogP contribution < -0.4 is 5.01 Å². The normalized spacial score (nSPS) is 11.9. The molecule has 1 atom stereocenters. The lowest BCUT2D eigenvalue weighted by molar-refractivity contribution is -0.385. The van der Waals surface area contributed by atoms with E-state index in [9.17, 15) is 15.2 Å². The van der Waals surface area contributed by atoms with Gasteiger partial charge in [-0.3, -0.25) is 10.1 Å². The first-order chi connectivity index (χ1) is 11.2. The van der Waals surface area contributed by atoms with Crippen LogP contribution in [0.3, 0.4) is 0 Å². The highest BCUT2D eigenvalue weighted by molar-refractivity contribution is 5.48. The Morgan fingerprint density at radius 2 is 1.78 bits per heavy atom. The molecule has 0 amide bonds. The number of para-hydroxylation sites is 1. The number of nitro benzene ring substituents is 1. The Bertz CT molecular complexity index is 792. The molecule has 0 aliphatic heterocycles. The first-order valence-electron chi connectivity index (χ1n) is 6.78. The molecule has 0 aliphatic carbocycles. The summed E-state index contributed by atoms with van der Waals surface area (Å²) in [5.74, 6) is 0. The van der Waals surface area contributed by atoms with E-state index in [0.29, 0.717) is 11.3 Å². The number of hydrogen-bond donors (Lipinski definition) is 1. The Morgan fingerprint density at radius 3 is 2.43 bits per heavy atom. The summed E-state index contributed by atoms with van der Waals surface area (Å²) in [6.07, 6.45) is 1.73. The molecule has 8 heteroatoms. The van der Waals surface area contributed by atoms with E-state index < -0.39 is 11.2 Å². The molecule has 2 aromatic carbocycles. The fraction of sp³-hybridized carbons (Fsp3) is 0.0667. The molecule has 1 aromatic heterocycles. The second-order valence-corrected chi connectivity index (χ2v) is 4.75. The van der Waals surface area contributed by atoms with Crippen molar-refractivity contribution in [3.8, 4) is 0 Å². The van der Waals surface area contributed by atoms with Crippen LogP contribution in [0.15, 0.2) is 67.3 Å². The lowest BCUT2D eigenvalue weighted by Gasteiger charge is -2.30. The Labute approximate surface area is 131 Å². The van der Waals surface area contributed by atoms with E-state index in [1.54, 1.807) is 18.2 Å². The molecule has 116 valence electrons. The number of nitro groups is 1. The summed E-state index contributed by atoms with van der Waals surface area (Å²) in [7, 11) is 0. The second kappa shape index (κ2) is 6.24. The van der Waals surface area contributed by atoms with E-state index in [4.69, 9.17) is 0 Å². The number of aliphatic hydroxyl groups is 1. The highest BCUT2D eigenvalue weighted by Crippen LogP contribution is 2.27. The third-order valence-electron chi connectivity index (χ3n) is 3.29. The summed E-state index contributed by atoms with van der Waals surface area (Å²) >= 11 is 0. The van der Waals surface area contributed by atoms with E-state index in [-0.39, 0.29) is 5.69 Å². The van der Waals surface area contributed by atoms with Gasteiger partial charge in [0.2, 0.25) is 0 Å². The summed E-state index contributed by atoms with van der Waals surface area (Å²) in [6.45, 7) is 0. The smallest absolute Gasteiger partial charge is 0.269 e. The third kappa shape index (κ3) is 3.01. The fourth-order valence-corrected chi connectivity index (χ4v) is 2.23. The van der Waals surface area contributed by atoms with Crippen molar-refractivity contribution in [2.24, 2.45) is 0 Å². The zero-order valence-corrected chi connectivity index (χ0v) is 11.9. The Kier molecular flexibility index (Phi) is 3.98. The quantitative estimate of drug-likeness (QED) is 0.440. The minimum absolute atomic E-state index is 0.0849. The van der Waals surface area contributed by atoms with Crippen LogP contribution in [0.25, 0.3) is 0 Å². The fourth-order valence-electron chi connectivity index (χ4n) is 2.23. The van der Waals surface area contributed by atoms with Crippen molar-refractivity contribution in [3.05, 3.63) is 82.9 Å². The Hall–Kier alpha value is -3.26. The molecular formula is C15H13N5O3. The van der Waals surface area contributed by atoms with Gasteiger partial charge in [-0.15, -0.1) is 10.2 Å². The lowest BCUT2D eigenvalue weighted by Crippen LogP contribution is -2.33. The Balaban J connectivity index is 2.03. The first-order valence-corrected chi connectivity index (χ1v) is 6.78. The average molecular weight is 311 g/mol. The van der Waals surface area contributed by atoms with Crippen LogP contribution in [0.5, 0.6) is 0 Å². The van der Waals surface area contributed by atoms with Crippen LogP contribution in [0.1, 0.15) is 11.8 Å². The number of aromatic nitrogens is 3. The highest BCUT2D eigenvalue weighted by atomic mass is 16.6. The summed E-state index contributed by atoms with van der Waals surface area (Å²) in [6, 6.07) is 15.0. The number of anilines is 1. The standard InChI is InChI=1S/C15H13N5O3/c21-15(12-5-4-8-14(9-12)20(22)23)19(18-10-16-17-11-18)13-6-2-1-3-7-13/h1-11,15,21H. The molecule has 0 spiro atoms. The zero-order valence-electron chi connectivity index (χ0n) is 11.9. The second-order valence-electron chi connectivity index (χ2n) is 4.75. The molecule has 0 bridgehead atoms. The molecular weight excluding hydrogens is 298 g/mol. The number of hydrogen-bond acceptors (Lipinski definition) is 6. The van der Waals surface area contributed by atoms with Crippen molar-refractivity contribution in [2.45, 2.75) is 6.23 Å². The van der Waals surface area contributed by atoms with Gasteiger partial charge in [-0.25, -0.2) is 9.69 Å². The molecule has 0 saturated heterocycles. The van der Waals surface area contributed by atoms with Gasteiger partial charge in [0.1, 0.15) is 12.7 Å². The summed E-state index contributed by atoms with van der Waals surface area (Å²) in [5, 5.41) is 30.7. The maximum Gasteiger partial charge on any atom is 0.269 e. The average Bonchev–Trinajstić information content (AvgIpc) is 3.10. The van der Waals surface area contributed by atoms with Gasteiger partial charge in [0, 0.05) is 17.7 Å². The topological polar surface area (TPSA) is 97.3 Å². The molecule has 0 saturated carbocycles. The van der Waals surface area contributed by atoms with Crippen LogP contribution >= 0.6 is 0 Å². The van der Waals surface area contributed by atoms with Crippen LogP contribution in [0.2, 0.25) is 0 Å². The van der Waals surface area contributed by atoms with Crippen molar-refractivity contribution in [1.29, 1.82) is 0 Å².